The number of carbonyl (C=O) groups is 2. The van der Waals surface area contributed by atoms with Crippen LogP contribution in [-0.2, 0) is 16.1 Å². The van der Waals surface area contributed by atoms with Gasteiger partial charge in [-0.25, -0.2) is 5.01 Å². The molecule has 0 fully saturated rings. The first-order valence-electron chi connectivity index (χ1n) is 5.54. The lowest BCUT2D eigenvalue weighted by molar-refractivity contribution is -0.129. The Kier molecular flexibility index (Phi) is 3.52. The number of rotatable bonds is 3. The number of hydrazone groups is 1. The van der Waals surface area contributed by atoms with Gasteiger partial charge in [0.1, 0.15) is 5.84 Å². The van der Waals surface area contributed by atoms with E-state index in [2.05, 4.69) is 17.0 Å². The van der Waals surface area contributed by atoms with Crippen LogP contribution in [0.4, 0.5) is 0 Å². The topological polar surface area (TPSA) is 61.8 Å². The average molecular weight is 243 g/mol. The minimum absolute atomic E-state index is 0.117. The molecular formula is C13H13N3O2. The van der Waals surface area contributed by atoms with Crippen LogP contribution in [0.25, 0.3) is 0 Å². The van der Waals surface area contributed by atoms with Crippen molar-refractivity contribution in [2.45, 2.75) is 13.0 Å². The fourth-order valence-corrected chi connectivity index (χ4v) is 1.61. The van der Waals surface area contributed by atoms with Crippen LogP contribution in [0, 0.1) is 0 Å². The Morgan fingerprint density at radius 2 is 2.17 bits per heavy atom. The molecule has 0 saturated heterocycles. The summed E-state index contributed by atoms with van der Waals surface area (Å²) < 4.78 is 0. The lowest BCUT2D eigenvalue weighted by Gasteiger charge is -2.10. The normalized spacial score (nSPS) is 14.3. The summed E-state index contributed by atoms with van der Waals surface area (Å²) in [6.45, 7) is 3.75. The molecule has 2 amide bonds. The third-order valence-corrected chi connectivity index (χ3v) is 2.48. The van der Waals surface area contributed by atoms with Crippen molar-refractivity contribution in [2.75, 3.05) is 0 Å². The fraction of sp³-hybridized carbons (Fsp3) is 0.154. The van der Waals surface area contributed by atoms with E-state index >= 15 is 0 Å². The standard InChI is InChI=1S/C13H13N3O2/c1-2-12(17)14-11-8-13(18)16(15-11)9-10-6-4-3-5-7-10/h2-7H,1,8-9H2,(H,14,15,17). The monoisotopic (exact) mass is 243 g/mol. The molecule has 0 aliphatic carbocycles. The first-order chi connectivity index (χ1) is 8.69. The summed E-state index contributed by atoms with van der Waals surface area (Å²) >= 11 is 0. The minimum Gasteiger partial charge on any atom is -0.309 e. The summed E-state index contributed by atoms with van der Waals surface area (Å²) in [6.07, 6.45) is 1.26. The van der Waals surface area contributed by atoms with Crippen molar-refractivity contribution >= 4 is 17.6 Å². The first-order valence-corrected chi connectivity index (χ1v) is 5.54. The molecule has 0 unspecified atom stereocenters. The largest absolute Gasteiger partial charge is 0.309 e. The molecule has 1 heterocycles. The maximum atomic E-state index is 11.7. The van der Waals surface area contributed by atoms with Crippen LogP contribution < -0.4 is 5.32 Å². The number of nitrogens with zero attached hydrogens (tertiary/aromatic N) is 2. The zero-order valence-corrected chi connectivity index (χ0v) is 9.80. The third-order valence-electron chi connectivity index (χ3n) is 2.48. The van der Waals surface area contributed by atoms with Gasteiger partial charge in [-0.1, -0.05) is 36.9 Å². The van der Waals surface area contributed by atoms with Gasteiger partial charge in [-0.2, -0.15) is 5.10 Å². The lowest BCUT2D eigenvalue weighted by Crippen LogP contribution is -2.27. The van der Waals surface area contributed by atoms with Crippen LogP contribution in [0.2, 0.25) is 0 Å². The SMILES string of the molecule is C=CC(=O)NC1=NN(Cc2ccccc2)C(=O)C1. The lowest BCUT2D eigenvalue weighted by atomic mass is 10.2. The van der Waals surface area contributed by atoms with E-state index in [9.17, 15) is 9.59 Å². The highest BCUT2D eigenvalue weighted by molar-refractivity contribution is 6.11. The summed E-state index contributed by atoms with van der Waals surface area (Å²) in [6, 6.07) is 9.56. The molecule has 0 aromatic heterocycles. The Balaban J connectivity index is 2.03. The van der Waals surface area contributed by atoms with Gasteiger partial charge < -0.3 is 5.32 Å². The van der Waals surface area contributed by atoms with E-state index in [1.54, 1.807) is 0 Å². The summed E-state index contributed by atoms with van der Waals surface area (Å²) in [5.74, 6) is -0.123. The van der Waals surface area contributed by atoms with E-state index in [0.29, 0.717) is 12.4 Å². The zero-order chi connectivity index (χ0) is 13.0. The Morgan fingerprint density at radius 1 is 1.44 bits per heavy atom. The van der Waals surface area contributed by atoms with Crippen LogP contribution in [0.5, 0.6) is 0 Å². The predicted octanol–water partition coefficient (Wildman–Crippen LogP) is 1.03. The van der Waals surface area contributed by atoms with Crippen LogP contribution in [-0.4, -0.2) is 22.7 Å². The predicted molar refractivity (Wildman–Crippen MR) is 67.4 cm³/mol. The van der Waals surface area contributed by atoms with E-state index in [1.807, 2.05) is 30.3 Å². The minimum atomic E-state index is -0.358. The van der Waals surface area contributed by atoms with E-state index in [0.717, 1.165) is 11.6 Å². The van der Waals surface area contributed by atoms with E-state index in [1.165, 1.54) is 5.01 Å². The number of amidine groups is 1. The van der Waals surface area contributed by atoms with Crippen molar-refractivity contribution in [2.24, 2.45) is 5.10 Å². The van der Waals surface area contributed by atoms with Crippen molar-refractivity contribution in [1.29, 1.82) is 0 Å². The maximum absolute atomic E-state index is 11.7. The number of amides is 2. The smallest absolute Gasteiger partial charge is 0.250 e. The fourth-order valence-electron chi connectivity index (χ4n) is 1.61. The van der Waals surface area contributed by atoms with Crippen LogP contribution >= 0.6 is 0 Å². The van der Waals surface area contributed by atoms with Crippen molar-refractivity contribution in [3.05, 3.63) is 48.6 Å². The summed E-state index contributed by atoms with van der Waals surface area (Å²) in [5, 5.41) is 7.93. The van der Waals surface area contributed by atoms with Gasteiger partial charge in [0.05, 0.1) is 13.0 Å². The molecule has 0 atom stereocenters. The average Bonchev–Trinajstić information content (AvgIpc) is 2.71. The summed E-state index contributed by atoms with van der Waals surface area (Å²) in [4.78, 5) is 22.8. The first kappa shape index (κ1) is 12.0. The molecule has 0 spiro atoms. The molecule has 1 aromatic rings. The highest BCUT2D eigenvalue weighted by atomic mass is 16.2. The van der Waals surface area contributed by atoms with Crippen LogP contribution in [0.1, 0.15) is 12.0 Å². The number of hydrogen-bond donors (Lipinski definition) is 1. The van der Waals surface area contributed by atoms with E-state index in [-0.39, 0.29) is 18.2 Å². The Bertz CT molecular complexity index is 508. The second-order valence-electron chi connectivity index (χ2n) is 3.85. The van der Waals surface area contributed by atoms with Crippen molar-refractivity contribution in [1.82, 2.24) is 10.3 Å². The van der Waals surface area contributed by atoms with Gasteiger partial charge in [0.2, 0.25) is 5.91 Å². The van der Waals surface area contributed by atoms with Gasteiger partial charge >= 0.3 is 0 Å². The van der Waals surface area contributed by atoms with Crippen molar-refractivity contribution in [3.8, 4) is 0 Å². The molecule has 92 valence electrons. The molecule has 1 aliphatic rings. The van der Waals surface area contributed by atoms with Gasteiger partial charge in [-0.15, -0.1) is 0 Å². The molecule has 5 heteroatoms. The molecule has 1 aliphatic heterocycles. The molecule has 2 rings (SSSR count). The second-order valence-corrected chi connectivity index (χ2v) is 3.85. The van der Waals surface area contributed by atoms with Crippen molar-refractivity contribution < 1.29 is 9.59 Å². The Morgan fingerprint density at radius 3 is 2.83 bits per heavy atom. The van der Waals surface area contributed by atoms with Gasteiger partial charge in [0.15, 0.2) is 0 Å². The maximum Gasteiger partial charge on any atom is 0.250 e. The van der Waals surface area contributed by atoms with Gasteiger partial charge in [-0.3, -0.25) is 9.59 Å². The quantitative estimate of drug-likeness (QED) is 0.806. The van der Waals surface area contributed by atoms with Gasteiger partial charge in [0.25, 0.3) is 5.91 Å². The highest BCUT2D eigenvalue weighted by Crippen LogP contribution is 2.12. The van der Waals surface area contributed by atoms with Crippen LogP contribution in [0.15, 0.2) is 48.1 Å². The number of nitrogens with one attached hydrogen (secondary N) is 1. The van der Waals surface area contributed by atoms with Crippen LogP contribution in [0.3, 0.4) is 0 Å². The number of hydrogen-bond acceptors (Lipinski definition) is 3. The molecule has 1 N–H and O–H groups in total. The number of benzene rings is 1. The molecule has 0 saturated carbocycles. The number of carbonyl (C=O) groups excluding carboxylic acids is 2. The highest BCUT2D eigenvalue weighted by Gasteiger charge is 2.24. The Hall–Kier alpha value is -2.43. The summed E-state index contributed by atoms with van der Waals surface area (Å²) in [7, 11) is 0. The molecule has 18 heavy (non-hydrogen) atoms. The van der Waals surface area contributed by atoms with E-state index < -0.39 is 0 Å². The molecule has 0 bridgehead atoms. The molecule has 1 aromatic carbocycles. The second kappa shape index (κ2) is 5.27. The Labute approximate surface area is 105 Å². The summed E-state index contributed by atoms with van der Waals surface area (Å²) in [5.41, 5.74) is 0.992. The molecule has 0 radical (unpaired) electrons. The van der Waals surface area contributed by atoms with Gasteiger partial charge in [-0.05, 0) is 11.6 Å². The van der Waals surface area contributed by atoms with Gasteiger partial charge in [0, 0.05) is 0 Å². The molecular weight excluding hydrogens is 230 g/mol. The van der Waals surface area contributed by atoms with Crippen molar-refractivity contribution in [3.63, 3.8) is 0 Å². The van der Waals surface area contributed by atoms with E-state index in [4.69, 9.17) is 0 Å². The zero-order valence-electron chi connectivity index (χ0n) is 9.80. The molecule has 5 nitrogen and oxygen atoms in total. The third kappa shape index (κ3) is 2.82.